The molecule has 4 fully saturated rings. The summed E-state index contributed by atoms with van der Waals surface area (Å²) < 4.78 is 104. The van der Waals surface area contributed by atoms with E-state index in [0.29, 0.717) is 25.7 Å². The van der Waals surface area contributed by atoms with Gasteiger partial charge in [0.1, 0.15) is 21.7 Å². The quantitative estimate of drug-likeness (QED) is 0.0570. The number of hydrogen-bond acceptors (Lipinski definition) is 9. The first-order chi connectivity index (χ1) is 22.4. The Balaban J connectivity index is 0.00000625. The average Bonchev–Trinajstić information content (AvgIpc) is 2.91. The van der Waals surface area contributed by atoms with Crippen molar-refractivity contribution >= 4 is 49.8 Å². The van der Waals surface area contributed by atoms with Crippen LogP contribution in [0.2, 0.25) is 0 Å². The minimum atomic E-state index is -4.58. The molecular weight excluding hydrogens is 671 g/mol. The first kappa shape index (κ1) is 43.0. The van der Waals surface area contributed by atoms with E-state index in [1.54, 1.807) is 0 Å². The Morgan fingerprint density at radius 1 is 0.521 bits per heavy atom. The van der Waals surface area contributed by atoms with Crippen LogP contribution < -0.4 is 0 Å². The Morgan fingerprint density at radius 3 is 1.00 bits per heavy atom. The number of rotatable bonds is 26. The fourth-order valence-corrected chi connectivity index (χ4v) is 10.9. The van der Waals surface area contributed by atoms with Crippen LogP contribution in [0.5, 0.6) is 0 Å². The van der Waals surface area contributed by atoms with Crippen molar-refractivity contribution in [2.24, 2.45) is 0 Å². The summed E-state index contributed by atoms with van der Waals surface area (Å²) in [7, 11) is -9.15. The van der Waals surface area contributed by atoms with Crippen molar-refractivity contribution in [3.8, 4) is 0 Å². The van der Waals surface area contributed by atoms with Gasteiger partial charge in [-0.05, 0) is 12.8 Å². The Hall–Kier alpha value is 0.620. The van der Waals surface area contributed by atoms with Crippen molar-refractivity contribution in [3.63, 3.8) is 0 Å². The van der Waals surface area contributed by atoms with Gasteiger partial charge in [0.25, 0.3) is 20.2 Å². The van der Waals surface area contributed by atoms with Gasteiger partial charge in [-0.1, -0.05) is 117 Å². The molecule has 4 rings (SSSR count). The predicted octanol–water partition coefficient (Wildman–Crippen LogP) is 6.48. The normalized spacial score (nSPS) is 31.4. The van der Waals surface area contributed by atoms with E-state index >= 15 is 0 Å². The van der Waals surface area contributed by atoms with Gasteiger partial charge in [-0.3, -0.25) is 9.11 Å². The third-order valence-electron chi connectivity index (χ3n) is 11.2. The molecule has 11 nitrogen and oxygen atoms in total. The summed E-state index contributed by atoms with van der Waals surface area (Å²) in [5.41, 5.74) is -2.97. The maximum absolute atomic E-state index is 13.0. The van der Waals surface area contributed by atoms with Gasteiger partial charge in [0, 0.05) is 25.7 Å². The van der Waals surface area contributed by atoms with E-state index in [0.717, 1.165) is 51.4 Å². The second-order valence-electron chi connectivity index (χ2n) is 14.3. The molecule has 4 heterocycles. The van der Waals surface area contributed by atoms with Crippen molar-refractivity contribution in [1.82, 2.24) is 0 Å². The molecule has 48 heavy (non-hydrogen) atoms. The van der Waals surface area contributed by atoms with Gasteiger partial charge in [0.05, 0.1) is 26.4 Å². The van der Waals surface area contributed by atoms with Crippen LogP contribution in [-0.4, -0.2) is 115 Å². The van der Waals surface area contributed by atoms with E-state index in [-0.39, 0.29) is 81.7 Å². The van der Waals surface area contributed by atoms with Crippen LogP contribution >= 0.6 is 0 Å². The number of ether oxygens (including phenoxy) is 5. The van der Waals surface area contributed by atoms with Gasteiger partial charge in [0.15, 0.2) is 0 Å². The van der Waals surface area contributed by atoms with E-state index in [9.17, 15) is 25.9 Å². The molecule has 0 aromatic carbocycles. The Bertz CT molecular complexity index is 1070. The Labute approximate surface area is 312 Å². The average molecular weight is 735 g/mol. The summed E-state index contributed by atoms with van der Waals surface area (Å²) >= 11 is 0. The molecule has 4 aliphatic rings. The first-order valence-electron chi connectivity index (χ1n) is 18.6. The van der Waals surface area contributed by atoms with Gasteiger partial charge in [-0.15, -0.1) is 0 Å². The SMILES string of the molecule is CCCCCCCCCCC(C1(C2(OC3(C4(C(CCCCCCCCCC)S(=O)(=O)O)CCO4)CCO3)CCO2)CCO1)S(=O)(=O)O.[NaH]. The molecule has 0 saturated carbocycles. The molecule has 6 atom stereocenters. The van der Waals surface area contributed by atoms with E-state index in [1.165, 1.54) is 38.5 Å². The van der Waals surface area contributed by atoms with E-state index in [2.05, 4.69) is 13.8 Å². The molecule has 0 aliphatic carbocycles. The zero-order chi connectivity index (χ0) is 34.1. The molecule has 4 aliphatic heterocycles. The van der Waals surface area contributed by atoms with Crippen LogP contribution in [0, 0.1) is 0 Å². The third kappa shape index (κ3) is 9.58. The van der Waals surface area contributed by atoms with Crippen LogP contribution in [0.15, 0.2) is 0 Å². The van der Waals surface area contributed by atoms with Gasteiger partial charge in [0.2, 0.25) is 11.6 Å². The fraction of sp³-hybridized carbons (Fsp3) is 1.00. The van der Waals surface area contributed by atoms with Gasteiger partial charge in [-0.25, -0.2) is 0 Å². The summed E-state index contributed by atoms with van der Waals surface area (Å²) in [6.07, 6.45) is 18.0. The molecule has 0 aromatic heterocycles. The summed E-state index contributed by atoms with van der Waals surface area (Å²) in [6, 6.07) is 0. The molecule has 4 saturated heterocycles. The molecule has 0 radical (unpaired) electrons. The zero-order valence-electron chi connectivity index (χ0n) is 28.9. The summed E-state index contributed by atoms with van der Waals surface area (Å²) in [5, 5.41) is -2.57. The van der Waals surface area contributed by atoms with Gasteiger partial charge < -0.3 is 23.7 Å². The fourth-order valence-electron chi connectivity index (χ4n) is 8.26. The molecule has 0 bridgehead atoms. The molecule has 0 aromatic rings. The molecule has 2 N–H and O–H groups in total. The molecule has 278 valence electrons. The summed E-state index contributed by atoms with van der Waals surface area (Å²) in [4.78, 5) is 0. The van der Waals surface area contributed by atoms with Crippen LogP contribution in [0.25, 0.3) is 0 Å². The molecule has 0 amide bonds. The summed E-state index contributed by atoms with van der Waals surface area (Å²) in [5.74, 6) is -3.17. The van der Waals surface area contributed by atoms with Crippen molar-refractivity contribution in [3.05, 3.63) is 0 Å². The monoisotopic (exact) mass is 734 g/mol. The predicted molar refractivity (Wildman–Crippen MR) is 187 cm³/mol. The third-order valence-corrected chi connectivity index (χ3v) is 13.9. The molecular formula is C34H63NaO11S2. The number of hydrogen-bond donors (Lipinski definition) is 2. The van der Waals surface area contributed by atoms with E-state index in [1.807, 2.05) is 0 Å². The van der Waals surface area contributed by atoms with Crippen LogP contribution in [-0.2, 0) is 43.9 Å². The van der Waals surface area contributed by atoms with Crippen molar-refractivity contribution in [1.29, 1.82) is 0 Å². The minimum absolute atomic E-state index is 0. The Kier molecular flexibility index (Phi) is 17.1. The molecule has 6 unspecified atom stereocenters. The van der Waals surface area contributed by atoms with E-state index in [4.69, 9.17) is 23.7 Å². The van der Waals surface area contributed by atoms with Crippen molar-refractivity contribution in [2.75, 3.05) is 26.4 Å². The van der Waals surface area contributed by atoms with Crippen LogP contribution in [0.1, 0.15) is 155 Å². The zero-order valence-corrected chi connectivity index (χ0v) is 30.6. The van der Waals surface area contributed by atoms with Gasteiger partial charge in [-0.2, -0.15) is 16.8 Å². The van der Waals surface area contributed by atoms with Crippen LogP contribution in [0.3, 0.4) is 0 Å². The summed E-state index contributed by atoms with van der Waals surface area (Å²) in [6.45, 7) is 5.48. The van der Waals surface area contributed by atoms with Crippen molar-refractivity contribution < 1.29 is 49.6 Å². The van der Waals surface area contributed by atoms with Crippen molar-refractivity contribution in [2.45, 2.75) is 188 Å². The molecule has 0 spiro atoms. The topological polar surface area (TPSA) is 155 Å². The second-order valence-corrected chi connectivity index (χ2v) is 17.5. The standard InChI is InChI=1S/C34H62O11S2.Na.H/c1-3-5-7-9-11-13-15-17-19-29(46(35,36)37)31(21-25-41-31)33(23-27-43-33)45-34(24-28-44-34)32(22-26-42-32)30(47(38,39)40)20-18-16-14-12-10-8-6-4-2;;/h29-30H,3-28H2,1-2H3,(H,35,36,37)(H,38,39,40);;. The Morgan fingerprint density at radius 2 is 0.792 bits per heavy atom. The maximum atomic E-state index is 13.0. The molecule has 14 heteroatoms. The van der Waals surface area contributed by atoms with Gasteiger partial charge >= 0.3 is 29.6 Å². The number of unbranched alkanes of at least 4 members (excludes halogenated alkanes) is 14. The first-order valence-corrected chi connectivity index (χ1v) is 21.6. The van der Waals surface area contributed by atoms with Crippen LogP contribution in [0.4, 0.5) is 0 Å². The van der Waals surface area contributed by atoms with E-state index < -0.39 is 53.5 Å². The second kappa shape index (κ2) is 19.1.